The van der Waals surface area contributed by atoms with Crippen molar-refractivity contribution in [1.29, 1.82) is 0 Å². The lowest BCUT2D eigenvalue weighted by molar-refractivity contribution is 0.0725. The fourth-order valence-corrected chi connectivity index (χ4v) is 2.18. The molecule has 0 aliphatic rings. The third-order valence-electron chi connectivity index (χ3n) is 3.77. The highest BCUT2D eigenvalue weighted by atomic mass is 16.2. The summed E-state index contributed by atoms with van der Waals surface area (Å²) in [6.07, 6.45) is 0. The van der Waals surface area contributed by atoms with Crippen molar-refractivity contribution in [2.45, 2.75) is 26.8 Å². The fourth-order valence-electron chi connectivity index (χ4n) is 2.18. The summed E-state index contributed by atoms with van der Waals surface area (Å²) in [6, 6.07) is 10.5. The number of rotatable bonds is 5. The van der Waals surface area contributed by atoms with Crippen LogP contribution in [0.4, 0.5) is 0 Å². The molecule has 2 amide bonds. The van der Waals surface area contributed by atoms with Crippen molar-refractivity contribution in [1.82, 2.24) is 20.2 Å². The van der Waals surface area contributed by atoms with Gasteiger partial charge >= 0.3 is 0 Å². The van der Waals surface area contributed by atoms with Gasteiger partial charge in [-0.25, -0.2) is 9.97 Å². The Morgan fingerprint density at radius 2 is 1.58 bits per heavy atom. The standard InChI is InChI=1S/C18H22N4O2/c1-12-7-5-9-15(20-12)17(23)19-11-14(3)22(4)18(24)16-10-6-8-13(2)21-16/h5-10,14H,11H2,1-4H3,(H,19,23)/t14-/m1/s1. The number of nitrogens with zero attached hydrogens (tertiary/aromatic N) is 3. The van der Waals surface area contributed by atoms with E-state index >= 15 is 0 Å². The monoisotopic (exact) mass is 326 g/mol. The van der Waals surface area contributed by atoms with Gasteiger partial charge in [0.1, 0.15) is 11.4 Å². The third kappa shape index (κ3) is 4.38. The molecule has 24 heavy (non-hydrogen) atoms. The van der Waals surface area contributed by atoms with E-state index in [-0.39, 0.29) is 17.9 Å². The lowest BCUT2D eigenvalue weighted by Gasteiger charge is -2.25. The maximum Gasteiger partial charge on any atom is 0.272 e. The number of aryl methyl sites for hydroxylation is 2. The van der Waals surface area contributed by atoms with E-state index < -0.39 is 0 Å². The van der Waals surface area contributed by atoms with Crippen LogP contribution in [0.1, 0.15) is 39.3 Å². The maximum absolute atomic E-state index is 12.4. The van der Waals surface area contributed by atoms with Crippen LogP contribution in [-0.4, -0.2) is 46.3 Å². The molecular formula is C18H22N4O2. The van der Waals surface area contributed by atoms with Gasteiger partial charge in [0.2, 0.25) is 0 Å². The molecule has 0 aromatic carbocycles. The van der Waals surface area contributed by atoms with Crippen molar-refractivity contribution >= 4 is 11.8 Å². The molecule has 1 N–H and O–H groups in total. The van der Waals surface area contributed by atoms with Gasteiger partial charge in [0, 0.05) is 31.0 Å². The number of carbonyl (C=O) groups is 2. The van der Waals surface area contributed by atoms with Crippen LogP contribution in [-0.2, 0) is 0 Å². The van der Waals surface area contributed by atoms with E-state index in [1.54, 1.807) is 36.2 Å². The predicted octanol–water partition coefficient (Wildman–Crippen LogP) is 1.98. The van der Waals surface area contributed by atoms with Gasteiger partial charge in [-0.2, -0.15) is 0 Å². The molecule has 0 spiro atoms. The quantitative estimate of drug-likeness (QED) is 0.912. The normalized spacial score (nSPS) is 11.7. The van der Waals surface area contributed by atoms with E-state index in [4.69, 9.17) is 0 Å². The zero-order valence-corrected chi connectivity index (χ0v) is 14.4. The van der Waals surface area contributed by atoms with Crippen LogP contribution in [0.2, 0.25) is 0 Å². The topological polar surface area (TPSA) is 75.2 Å². The van der Waals surface area contributed by atoms with Gasteiger partial charge in [-0.1, -0.05) is 12.1 Å². The Morgan fingerprint density at radius 3 is 2.17 bits per heavy atom. The number of hydrogen-bond donors (Lipinski definition) is 1. The molecule has 2 aromatic rings. The lowest BCUT2D eigenvalue weighted by Crippen LogP contribution is -2.43. The molecule has 2 rings (SSSR count). The number of aromatic nitrogens is 2. The van der Waals surface area contributed by atoms with E-state index in [1.807, 2.05) is 32.9 Å². The number of hydrogen-bond acceptors (Lipinski definition) is 4. The van der Waals surface area contributed by atoms with Crippen molar-refractivity contribution in [3.8, 4) is 0 Å². The Labute approximate surface area is 141 Å². The number of amides is 2. The molecule has 0 aliphatic heterocycles. The molecule has 0 saturated carbocycles. The predicted molar refractivity (Wildman–Crippen MR) is 91.8 cm³/mol. The molecule has 0 aliphatic carbocycles. The molecule has 2 aromatic heterocycles. The summed E-state index contributed by atoms with van der Waals surface area (Å²) in [4.78, 5) is 34.6. The number of likely N-dealkylation sites (N-methyl/N-ethyl adjacent to an activating group) is 1. The smallest absolute Gasteiger partial charge is 0.272 e. The van der Waals surface area contributed by atoms with Gasteiger partial charge in [0.05, 0.1) is 0 Å². The van der Waals surface area contributed by atoms with Gasteiger partial charge in [-0.15, -0.1) is 0 Å². The van der Waals surface area contributed by atoms with E-state index in [0.717, 1.165) is 11.4 Å². The van der Waals surface area contributed by atoms with Crippen LogP contribution < -0.4 is 5.32 Å². The highest BCUT2D eigenvalue weighted by Gasteiger charge is 2.19. The highest BCUT2D eigenvalue weighted by molar-refractivity contribution is 5.93. The molecule has 0 radical (unpaired) electrons. The lowest BCUT2D eigenvalue weighted by atomic mass is 10.2. The highest BCUT2D eigenvalue weighted by Crippen LogP contribution is 2.06. The van der Waals surface area contributed by atoms with Crippen LogP contribution in [0.25, 0.3) is 0 Å². The first-order valence-electron chi connectivity index (χ1n) is 7.81. The first kappa shape index (κ1) is 17.6. The first-order chi connectivity index (χ1) is 11.4. The van der Waals surface area contributed by atoms with Gasteiger partial charge in [0.15, 0.2) is 0 Å². The average molecular weight is 326 g/mol. The van der Waals surface area contributed by atoms with E-state index in [9.17, 15) is 9.59 Å². The number of carbonyl (C=O) groups excluding carboxylic acids is 2. The summed E-state index contributed by atoms with van der Waals surface area (Å²) in [5.74, 6) is -0.422. The Bertz CT molecular complexity index is 745. The molecule has 6 nitrogen and oxygen atoms in total. The first-order valence-corrected chi connectivity index (χ1v) is 7.81. The van der Waals surface area contributed by atoms with Gasteiger partial charge in [-0.05, 0) is 45.0 Å². The third-order valence-corrected chi connectivity index (χ3v) is 3.77. The second-order valence-corrected chi connectivity index (χ2v) is 5.80. The minimum atomic E-state index is -0.250. The Kier molecular flexibility index (Phi) is 5.63. The van der Waals surface area contributed by atoms with Crippen LogP contribution in [0.3, 0.4) is 0 Å². The molecular weight excluding hydrogens is 304 g/mol. The minimum Gasteiger partial charge on any atom is -0.349 e. The molecule has 1 atom stereocenters. The molecule has 0 saturated heterocycles. The van der Waals surface area contributed by atoms with Gasteiger partial charge in [-0.3, -0.25) is 9.59 Å². The van der Waals surface area contributed by atoms with Crippen LogP contribution in [0, 0.1) is 13.8 Å². The van der Waals surface area contributed by atoms with Crippen molar-refractivity contribution in [3.05, 3.63) is 59.2 Å². The summed E-state index contributed by atoms with van der Waals surface area (Å²) >= 11 is 0. The molecule has 0 fully saturated rings. The van der Waals surface area contributed by atoms with Crippen molar-refractivity contribution in [2.24, 2.45) is 0 Å². The van der Waals surface area contributed by atoms with Crippen LogP contribution >= 0.6 is 0 Å². The Hall–Kier alpha value is -2.76. The number of nitrogens with one attached hydrogen (secondary N) is 1. The fraction of sp³-hybridized carbons (Fsp3) is 0.333. The summed E-state index contributed by atoms with van der Waals surface area (Å²) in [7, 11) is 1.70. The van der Waals surface area contributed by atoms with Crippen molar-refractivity contribution in [2.75, 3.05) is 13.6 Å². The summed E-state index contributed by atoms with van der Waals surface area (Å²) in [6.45, 7) is 5.89. The zero-order chi connectivity index (χ0) is 17.7. The van der Waals surface area contributed by atoms with Crippen molar-refractivity contribution < 1.29 is 9.59 Å². The molecule has 2 heterocycles. The molecule has 0 bridgehead atoms. The SMILES string of the molecule is Cc1cccc(C(=O)NC[C@@H](C)N(C)C(=O)c2cccc(C)n2)n1. The van der Waals surface area contributed by atoms with Crippen LogP contribution in [0.5, 0.6) is 0 Å². The molecule has 0 unspecified atom stereocenters. The average Bonchev–Trinajstić information content (AvgIpc) is 2.58. The van der Waals surface area contributed by atoms with E-state index in [2.05, 4.69) is 15.3 Å². The summed E-state index contributed by atoms with van der Waals surface area (Å²) in [5.41, 5.74) is 2.35. The maximum atomic E-state index is 12.4. The Balaban J connectivity index is 1.95. The number of pyridine rings is 2. The van der Waals surface area contributed by atoms with E-state index in [1.165, 1.54) is 0 Å². The van der Waals surface area contributed by atoms with Crippen molar-refractivity contribution in [3.63, 3.8) is 0 Å². The molecule has 6 heteroatoms. The molecule has 126 valence electrons. The van der Waals surface area contributed by atoms with E-state index in [0.29, 0.717) is 17.9 Å². The summed E-state index contributed by atoms with van der Waals surface area (Å²) < 4.78 is 0. The largest absolute Gasteiger partial charge is 0.349 e. The second kappa shape index (κ2) is 7.68. The summed E-state index contributed by atoms with van der Waals surface area (Å²) in [5, 5.41) is 2.81. The van der Waals surface area contributed by atoms with Crippen LogP contribution in [0.15, 0.2) is 36.4 Å². The second-order valence-electron chi connectivity index (χ2n) is 5.80. The van der Waals surface area contributed by atoms with Gasteiger partial charge in [0.25, 0.3) is 11.8 Å². The zero-order valence-electron chi connectivity index (χ0n) is 14.4. The minimum absolute atomic E-state index is 0.172. The van der Waals surface area contributed by atoms with Gasteiger partial charge < -0.3 is 10.2 Å². The Morgan fingerprint density at radius 1 is 1.04 bits per heavy atom.